The molecule has 0 fully saturated rings. The van der Waals surface area contributed by atoms with Crippen molar-refractivity contribution in [1.29, 1.82) is 0 Å². The molecule has 5 nitrogen and oxygen atoms in total. The predicted octanol–water partition coefficient (Wildman–Crippen LogP) is 6.08. The van der Waals surface area contributed by atoms with E-state index in [1.807, 2.05) is 67.9 Å². The number of nitrogens with zero attached hydrogens (tertiary/aromatic N) is 3. The first-order valence-corrected chi connectivity index (χ1v) is 12.5. The van der Waals surface area contributed by atoms with Gasteiger partial charge in [-0.25, -0.2) is 9.07 Å². The molecule has 4 aromatic rings. The smallest absolute Gasteiger partial charge is 0.232 e. The summed E-state index contributed by atoms with van der Waals surface area (Å²) in [6, 6.07) is 19.7. The SMILES string of the molecule is CCN1C(=O)[C@@H](CC(=O)c2ccc(C)s2)[C@@H](c2ccc(F)cc2)c2c(C)nn(-c3ccccc3)c21. The molecule has 1 aliphatic rings. The van der Waals surface area contributed by atoms with E-state index in [2.05, 4.69) is 0 Å². The van der Waals surface area contributed by atoms with Gasteiger partial charge in [0, 0.05) is 29.3 Å². The van der Waals surface area contributed by atoms with E-state index in [9.17, 15) is 14.0 Å². The number of hydrogen-bond acceptors (Lipinski definition) is 4. The van der Waals surface area contributed by atoms with Crippen molar-refractivity contribution in [3.8, 4) is 5.69 Å². The van der Waals surface area contributed by atoms with Gasteiger partial charge in [0.25, 0.3) is 0 Å². The van der Waals surface area contributed by atoms with E-state index in [1.165, 1.54) is 23.5 Å². The van der Waals surface area contributed by atoms with Gasteiger partial charge >= 0.3 is 0 Å². The third kappa shape index (κ3) is 4.10. The summed E-state index contributed by atoms with van der Waals surface area (Å²) >= 11 is 1.44. The van der Waals surface area contributed by atoms with E-state index in [4.69, 9.17) is 5.10 Å². The molecule has 0 aliphatic carbocycles. The maximum absolute atomic E-state index is 14.0. The van der Waals surface area contributed by atoms with Crippen molar-refractivity contribution < 1.29 is 14.0 Å². The minimum atomic E-state index is -0.616. The predicted molar refractivity (Wildman–Crippen MR) is 136 cm³/mol. The Balaban J connectivity index is 1.69. The Hall–Kier alpha value is -3.58. The molecular weight excluding hydrogens is 461 g/mol. The number of benzene rings is 2. The lowest BCUT2D eigenvalue weighted by Crippen LogP contribution is -2.45. The number of anilines is 1. The molecule has 0 saturated heterocycles. The molecule has 0 N–H and O–H groups in total. The third-order valence-electron chi connectivity index (χ3n) is 6.60. The van der Waals surface area contributed by atoms with Crippen LogP contribution in [0.2, 0.25) is 0 Å². The first-order chi connectivity index (χ1) is 16.9. The average molecular weight is 488 g/mol. The van der Waals surface area contributed by atoms with Gasteiger partial charge in [0.05, 0.1) is 22.2 Å². The summed E-state index contributed by atoms with van der Waals surface area (Å²) in [5, 5.41) is 4.83. The molecule has 1 aliphatic heterocycles. The van der Waals surface area contributed by atoms with Crippen LogP contribution >= 0.6 is 11.3 Å². The highest BCUT2D eigenvalue weighted by Gasteiger charge is 2.45. The fraction of sp³-hybridized carbons (Fsp3) is 0.250. The third-order valence-corrected chi connectivity index (χ3v) is 7.64. The maximum Gasteiger partial charge on any atom is 0.232 e. The molecule has 0 bridgehead atoms. The fourth-order valence-electron chi connectivity index (χ4n) is 5.01. The Morgan fingerprint density at radius 3 is 2.37 bits per heavy atom. The summed E-state index contributed by atoms with van der Waals surface area (Å²) in [6.07, 6.45) is 0.0761. The van der Waals surface area contributed by atoms with Gasteiger partial charge in [0.2, 0.25) is 5.91 Å². The van der Waals surface area contributed by atoms with E-state index in [-0.39, 0.29) is 23.9 Å². The number of thiophene rings is 1. The van der Waals surface area contributed by atoms with Crippen molar-refractivity contribution in [2.45, 2.75) is 33.1 Å². The van der Waals surface area contributed by atoms with Gasteiger partial charge in [0.15, 0.2) is 5.78 Å². The summed E-state index contributed by atoms with van der Waals surface area (Å²) in [4.78, 5) is 30.7. The highest BCUT2D eigenvalue weighted by molar-refractivity contribution is 7.14. The summed E-state index contributed by atoms with van der Waals surface area (Å²) < 4.78 is 15.6. The lowest BCUT2D eigenvalue weighted by Gasteiger charge is -2.38. The number of carbonyl (C=O) groups is 2. The zero-order chi connectivity index (χ0) is 24.7. The number of aromatic nitrogens is 2. The van der Waals surface area contributed by atoms with Gasteiger partial charge in [-0.2, -0.15) is 5.10 Å². The molecular formula is C28H26FN3O2S. The number of hydrogen-bond donors (Lipinski definition) is 0. The number of halogens is 1. The molecule has 2 aromatic carbocycles. The van der Waals surface area contributed by atoms with Crippen LogP contribution < -0.4 is 4.90 Å². The topological polar surface area (TPSA) is 55.2 Å². The van der Waals surface area contributed by atoms with Crippen LogP contribution in [0.1, 0.15) is 50.6 Å². The molecule has 0 spiro atoms. The summed E-state index contributed by atoms with van der Waals surface area (Å²) in [5.41, 5.74) is 3.34. The largest absolute Gasteiger partial charge is 0.296 e. The fourth-order valence-corrected chi connectivity index (χ4v) is 5.83. The Bertz CT molecular complexity index is 1390. The van der Waals surface area contributed by atoms with Crippen molar-refractivity contribution in [2.75, 3.05) is 11.4 Å². The van der Waals surface area contributed by atoms with E-state index in [0.717, 1.165) is 27.4 Å². The quantitative estimate of drug-likeness (QED) is 0.310. The number of amides is 1. The van der Waals surface area contributed by atoms with Crippen LogP contribution in [0.5, 0.6) is 0 Å². The summed E-state index contributed by atoms with van der Waals surface area (Å²) in [6.45, 7) is 6.27. The maximum atomic E-state index is 14.0. The highest BCUT2D eigenvalue weighted by atomic mass is 32.1. The second-order valence-corrected chi connectivity index (χ2v) is 10.1. The Labute approximate surface area is 207 Å². The van der Waals surface area contributed by atoms with Gasteiger partial charge in [-0.1, -0.05) is 30.3 Å². The molecule has 35 heavy (non-hydrogen) atoms. The minimum Gasteiger partial charge on any atom is -0.296 e. The van der Waals surface area contributed by atoms with Crippen molar-refractivity contribution in [1.82, 2.24) is 9.78 Å². The van der Waals surface area contributed by atoms with Crippen LogP contribution in [0, 0.1) is 25.6 Å². The zero-order valence-corrected chi connectivity index (χ0v) is 20.7. The Morgan fingerprint density at radius 2 is 1.74 bits per heavy atom. The summed E-state index contributed by atoms with van der Waals surface area (Å²) in [5.74, 6) is -0.830. The first-order valence-electron chi connectivity index (χ1n) is 11.7. The molecule has 0 saturated carbocycles. The Kier molecular flexibility index (Phi) is 6.11. The standard InChI is InChI=1S/C28H26FN3O2S/c1-4-31-27-25(18(3)30-32(27)21-8-6-5-7-9-21)26(19-11-13-20(29)14-12-19)22(28(31)34)16-23(33)24-15-10-17(2)35-24/h5-15,22,26H,4,16H2,1-3H3/t22-,26+/m0/s1. The summed E-state index contributed by atoms with van der Waals surface area (Å²) in [7, 11) is 0. The number of Topliss-reactive ketones (excluding diaryl/α,β-unsaturated/α-hetero) is 1. The number of fused-ring (bicyclic) bond motifs is 1. The van der Waals surface area contributed by atoms with Crippen molar-refractivity contribution in [3.63, 3.8) is 0 Å². The van der Waals surface area contributed by atoms with Crippen LogP contribution in [0.3, 0.4) is 0 Å². The molecule has 3 heterocycles. The molecule has 2 aromatic heterocycles. The second kappa shape index (κ2) is 9.23. The van der Waals surface area contributed by atoms with Crippen LogP contribution in [0.4, 0.5) is 10.2 Å². The van der Waals surface area contributed by atoms with Gasteiger partial charge in [0.1, 0.15) is 11.6 Å². The lowest BCUT2D eigenvalue weighted by atomic mass is 9.74. The minimum absolute atomic E-state index is 0.0545. The first kappa shape index (κ1) is 23.2. The second-order valence-electron chi connectivity index (χ2n) is 8.83. The van der Waals surface area contributed by atoms with Crippen LogP contribution in [0.25, 0.3) is 5.69 Å². The molecule has 2 atom stereocenters. The van der Waals surface area contributed by atoms with Gasteiger partial charge < -0.3 is 0 Å². The number of ketones is 1. The normalized spacial score (nSPS) is 17.5. The number of aryl methyl sites for hydroxylation is 2. The van der Waals surface area contributed by atoms with E-state index >= 15 is 0 Å². The Morgan fingerprint density at radius 1 is 1.03 bits per heavy atom. The monoisotopic (exact) mass is 487 g/mol. The van der Waals surface area contributed by atoms with E-state index in [0.29, 0.717) is 17.2 Å². The molecule has 0 unspecified atom stereocenters. The number of rotatable bonds is 6. The van der Waals surface area contributed by atoms with Gasteiger partial charge in [-0.3, -0.25) is 14.5 Å². The highest BCUT2D eigenvalue weighted by Crippen LogP contribution is 2.47. The van der Waals surface area contributed by atoms with Crippen LogP contribution in [0.15, 0.2) is 66.7 Å². The van der Waals surface area contributed by atoms with E-state index < -0.39 is 11.8 Å². The number of para-hydroxylation sites is 1. The van der Waals surface area contributed by atoms with E-state index in [1.54, 1.807) is 17.0 Å². The lowest BCUT2D eigenvalue weighted by molar-refractivity contribution is -0.123. The van der Waals surface area contributed by atoms with Crippen molar-refractivity contribution in [2.24, 2.45) is 5.92 Å². The molecule has 178 valence electrons. The van der Waals surface area contributed by atoms with Gasteiger partial charge in [-0.15, -0.1) is 11.3 Å². The van der Waals surface area contributed by atoms with Gasteiger partial charge in [-0.05, 0) is 62.7 Å². The number of carbonyl (C=O) groups excluding carboxylic acids is 2. The molecule has 0 radical (unpaired) electrons. The van der Waals surface area contributed by atoms with Crippen molar-refractivity contribution >= 4 is 28.8 Å². The zero-order valence-electron chi connectivity index (χ0n) is 19.9. The van der Waals surface area contributed by atoms with Crippen LogP contribution in [-0.4, -0.2) is 28.0 Å². The van der Waals surface area contributed by atoms with Crippen molar-refractivity contribution in [3.05, 3.63) is 99.1 Å². The average Bonchev–Trinajstić information content (AvgIpc) is 3.44. The molecule has 7 heteroatoms. The molecule has 5 rings (SSSR count). The molecule has 1 amide bonds. The van der Waals surface area contributed by atoms with Crippen LogP contribution in [-0.2, 0) is 4.79 Å².